The van der Waals surface area contributed by atoms with Gasteiger partial charge in [-0.3, -0.25) is 9.69 Å². The molecular formula is C31H37ClN4O3S. The molecule has 2 aliphatic rings. The van der Waals surface area contributed by atoms with Crippen LogP contribution in [-0.2, 0) is 14.8 Å². The maximum absolute atomic E-state index is 14.1. The third-order valence-corrected chi connectivity index (χ3v) is 10.3. The molecule has 1 amide bonds. The summed E-state index contributed by atoms with van der Waals surface area (Å²) in [6.07, 6.45) is 0. The molecule has 0 N–H and O–H groups in total. The lowest BCUT2D eigenvalue weighted by molar-refractivity contribution is -0.140. The van der Waals surface area contributed by atoms with Gasteiger partial charge in [-0.05, 0) is 61.7 Å². The van der Waals surface area contributed by atoms with Crippen molar-refractivity contribution in [2.75, 3.05) is 50.7 Å². The van der Waals surface area contributed by atoms with E-state index in [0.29, 0.717) is 31.2 Å². The molecule has 0 saturated carbocycles. The standard InChI is InChI=1S/C31H37ClN4O3S/c1-23-12-13-24(2)29(20-23)33-14-16-34(17-15-33)31(37)30-22-35(40(38,39)28-11-7-10-27(32)21-28)18-19-36(30)25(3)26-8-5-4-6-9-26/h4-13,20-21,25,30H,14-19,22H2,1-3H3. The summed E-state index contributed by atoms with van der Waals surface area (Å²) in [4.78, 5) is 20.7. The van der Waals surface area contributed by atoms with E-state index < -0.39 is 16.1 Å². The van der Waals surface area contributed by atoms with Crippen LogP contribution in [0, 0.1) is 13.8 Å². The summed E-state index contributed by atoms with van der Waals surface area (Å²) < 4.78 is 28.7. The molecule has 2 aliphatic heterocycles. The van der Waals surface area contributed by atoms with E-state index in [9.17, 15) is 13.2 Å². The molecule has 2 saturated heterocycles. The van der Waals surface area contributed by atoms with Crippen LogP contribution in [0.3, 0.4) is 0 Å². The van der Waals surface area contributed by atoms with Crippen LogP contribution in [0.15, 0.2) is 77.7 Å². The van der Waals surface area contributed by atoms with Gasteiger partial charge in [0, 0.05) is 62.6 Å². The Morgan fingerprint density at radius 1 is 0.875 bits per heavy atom. The second-order valence-corrected chi connectivity index (χ2v) is 13.1. The van der Waals surface area contributed by atoms with Crippen molar-refractivity contribution in [3.8, 4) is 0 Å². The smallest absolute Gasteiger partial charge is 0.243 e. The highest BCUT2D eigenvalue weighted by Gasteiger charge is 2.42. The third kappa shape index (κ3) is 5.91. The number of nitrogens with zero attached hydrogens (tertiary/aromatic N) is 4. The van der Waals surface area contributed by atoms with Crippen LogP contribution in [0.2, 0.25) is 5.02 Å². The highest BCUT2D eigenvalue weighted by molar-refractivity contribution is 7.89. The largest absolute Gasteiger partial charge is 0.368 e. The number of piperazine rings is 2. The molecule has 2 atom stereocenters. The van der Waals surface area contributed by atoms with Gasteiger partial charge in [-0.25, -0.2) is 8.42 Å². The van der Waals surface area contributed by atoms with Gasteiger partial charge < -0.3 is 9.80 Å². The number of anilines is 1. The number of hydrogen-bond acceptors (Lipinski definition) is 5. The molecule has 0 aromatic heterocycles. The normalized spacial score (nSPS) is 19.9. The first-order chi connectivity index (χ1) is 19.1. The van der Waals surface area contributed by atoms with Crippen molar-refractivity contribution in [3.05, 3.63) is 94.5 Å². The van der Waals surface area contributed by atoms with Crippen molar-refractivity contribution in [1.82, 2.24) is 14.1 Å². The van der Waals surface area contributed by atoms with Crippen molar-refractivity contribution < 1.29 is 13.2 Å². The number of amides is 1. The molecule has 2 heterocycles. The summed E-state index contributed by atoms with van der Waals surface area (Å²) in [7, 11) is -3.81. The van der Waals surface area contributed by atoms with E-state index in [4.69, 9.17) is 11.6 Å². The van der Waals surface area contributed by atoms with Crippen molar-refractivity contribution >= 4 is 33.2 Å². The summed E-state index contributed by atoms with van der Waals surface area (Å²) in [6, 6.07) is 22.2. The average Bonchev–Trinajstić information content (AvgIpc) is 2.98. The van der Waals surface area contributed by atoms with E-state index in [2.05, 4.69) is 60.9 Å². The number of benzene rings is 3. The minimum atomic E-state index is -3.81. The molecule has 0 bridgehead atoms. The fraction of sp³-hybridized carbons (Fsp3) is 0.387. The van der Waals surface area contributed by atoms with Gasteiger partial charge in [0.15, 0.2) is 0 Å². The fourth-order valence-corrected chi connectivity index (χ4v) is 7.55. The van der Waals surface area contributed by atoms with Gasteiger partial charge in [0.1, 0.15) is 6.04 Å². The molecule has 2 unspecified atom stereocenters. The molecule has 212 valence electrons. The molecule has 3 aromatic carbocycles. The molecule has 40 heavy (non-hydrogen) atoms. The Morgan fingerprint density at radius 2 is 1.60 bits per heavy atom. The zero-order valence-electron chi connectivity index (χ0n) is 23.3. The number of halogens is 1. The van der Waals surface area contributed by atoms with E-state index >= 15 is 0 Å². The summed E-state index contributed by atoms with van der Waals surface area (Å²) in [5.74, 6) is -0.0191. The topological polar surface area (TPSA) is 64.2 Å². The van der Waals surface area contributed by atoms with E-state index in [0.717, 1.165) is 18.7 Å². The number of aryl methyl sites for hydroxylation is 2. The second-order valence-electron chi connectivity index (χ2n) is 10.8. The summed E-state index contributed by atoms with van der Waals surface area (Å²) in [5, 5.41) is 0.367. The summed E-state index contributed by atoms with van der Waals surface area (Å²) >= 11 is 6.12. The Balaban J connectivity index is 1.38. The monoisotopic (exact) mass is 580 g/mol. The quantitative estimate of drug-likeness (QED) is 0.421. The van der Waals surface area contributed by atoms with Gasteiger partial charge in [0.25, 0.3) is 0 Å². The number of sulfonamides is 1. The Bertz CT molecular complexity index is 1460. The summed E-state index contributed by atoms with van der Waals surface area (Å²) in [6.45, 7) is 9.82. The zero-order valence-corrected chi connectivity index (χ0v) is 24.9. The molecule has 3 aromatic rings. The Morgan fingerprint density at radius 3 is 2.30 bits per heavy atom. The fourth-order valence-electron chi connectivity index (χ4n) is 5.81. The first-order valence-electron chi connectivity index (χ1n) is 13.8. The van der Waals surface area contributed by atoms with Crippen LogP contribution in [-0.4, -0.2) is 80.3 Å². The minimum Gasteiger partial charge on any atom is -0.368 e. The van der Waals surface area contributed by atoms with Crippen LogP contribution in [0.1, 0.15) is 29.7 Å². The van der Waals surface area contributed by atoms with E-state index in [1.807, 2.05) is 23.1 Å². The predicted molar refractivity (Wildman–Crippen MR) is 160 cm³/mol. The Kier molecular flexibility index (Phi) is 8.52. The van der Waals surface area contributed by atoms with Gasteiger partial charge in [-0.1, -0.05) is 60.1 Å². The molecular weight excluding hydrogens is 544 g/mol. The SMILES string of the molecule is Cc1ccc(C)c(N2CCN(C(=O)C3CN(S(=O)(=O)c4cccc(Cl)c4)CCN3C(C)c3ccccc3)CC2)c1. The van der Waals surface area contributed by atoms with Gasteiger partial charge in [0.2, 0.25) is 15.9 Å². The van der Waals surface area contributed by atoms with Crippen LogP contribution >= 0.6 is 11.6 Å². The lowest BCUT2D eigenvalue weighted by Crippen LogP contribution is -2.62. The van der Waals surface area contributed by atoms with E-state index in [-0.39, 0.29) is 23.4 Å². The number of rotatable bonds is 6. The van der Waals surface area contributed by atoms with Gasteiger partial charge in [0.05, 0.1) is 4.90 Å². The maximum Gasteiger partial charge on any atom is 0.243 e. The summed E-state index contributed by atoms with van der Waals surface area (Å²) in [5.41, 5.74) is 4.75. The molecule has 9 heteroatoms. The number of hydrogen-bond donors (Lipinski definition) is 0. The van der Waals surface area contributed by atoms with E-state index in [1.54, 1.807) is 18.2 Å². The first-order valence-corrected chi connectivity index (χ1v) is 15.6. The molecule has 0 aliphatic carbocycles. The predicted octanol–water partition coefficient (Wildman–Crippen LogP) is 4.74. The average molecular weight is 581 g/mol. The van der Waals surface area contributed by atoms with E-state index in [1.165, 1.54) is 27.2 Å². The van der Waals surface area contributed by atoms with Crippen LogP contribution < -0.4 is 4.90 Å². The van der Waals surface area contributed by atoms with Gasteiger partial charge in [-0.15, -0.1) is 0 Å². The maximum atomic E-state index is 14.1. The number of carbonyl (C=O) groups is 1. The van der Waals surface area contributed by atoms with Gasteiger partial charge in [-0.2, -0.15) is 4.31 Å². The highest BCUT2D eigenvalue weighted by Crippen LogP contribution is 2.30. The lowest BCUT2D eigenvalue weighted by atomic mass is 10.0. The van der Waals surface area contributed by atoms with Crippen LogP contribution in [0.25, 0.3) is 0 Å². The highest BCUT2D eigenvalue weighted by atomic mass is 35.5. The molecule has 2 fully saturated rings. The third-order valence-electron chi connectivity index (χ3n) is 8.18. The van der Waals surface area contributed by atoms with Crippen LogP contribution in [0.4, 0.5) is 5.69 Å². The van der Waals surface area contributed by atoms with Crippen molar-refractivity contribution in [2.24, 2.45) is 0 Å². The number of carbonyl (C=O) groups excluding carboxylic acids is 1. The van der Waals surface area contributed by atoms with Gasteiger partial charge >= 0.3 is 0 Å². The van der Waals surface area contributed by atoms with Crippen molar-refractivity contribution in [2.45, 2.75) is 37.8 Å². The Labute approximate surface area is 243 Å². The Hall–Kier alpha value is -2.91. The lowest BCUT2D eigenvalue weighted by Gasteiger charge is -2.46. The molecule has 5 rings (SSSR count). The molecule has 7 nitrogen and oxygen atoms in total. The second kappa shape index (κ2) is 11.9. The first kappa shape index (κ1) is 28.6. The zero-order chi connectivity index (χ0) is 28.4. The van der Waals surface area contributed by atoms with Crippen LogP contribution in [0.5, 0.6) is 0 Å². The van der Waals surface area contributed by atoms with Crippen molar-refractivity contribution in [1.29, 1.82) is 0 Å². The van der Waals surface area contributed by atoms with Crippen molar-refractivity contribution in [3.63, 3.8) is 0 Å². The molecule has 0 radical (unpaired) electrons. The minimum absolute atomic E-state index is 0.0191. The molecule has 0 spiro atoms.